The van der Waals surface area contributed by atoms with Crippen molar-refractivity contribution in [3.8, 4) is 0 Å². The number of carboxylic acids is 2. The molecule has 0 atom stereocenters. The lowest BCUT2D eigenvalue weighted by molar-refractivity contribution is 0.0647. The number of hydrogen-bond donors (Lipinski definition) is 2. The van der Waals surface area contributed by atoms with Gasteiger partial charge in [0.2, 0.25) is 0 Å². The Morgan fingerprint density at radius 3 is 2.60 bits per heavy atom. The van der Waals surface area contributed by atoms with E-state index in [1.807, 2.05) is 0 Å². The molecule has 76 valence electrons. The lowest BCUT2D eigenvalue weighted by atomic mass is 10.1. The lowest BCUT2D eigenvalue weighted by Gasteiger charge is -2.00. The molecule has 0 fully saturated rings. The summed E-state index contributed by atoms with van der Waals surface area (Å²) in [7, 11) is 0. The van der Waals surface area contributed by atoms with Crippen LogP contribution in [-0.4, -0.2) is 27.1 Å². The second-order valence-electron chi connectivity index (χ2n) is 2.81. The summed E-state index contributed by atoms with van der Waals surface area (Å²) in [6.45, 7) is 0. The molecule has 0 radical (unpaired) electrons. The fraction of sp³-hybridized carbons (Fsp3) is 0. The predicted octanol–water partition coefficient (Wildman–Crippen LogP) is 1.69. The smallest absolute Gasteiger partial charge is 0.355 e. The van der Waals surface area contributed by atoms with Gasteiger partial charge in [0.1, 0.15) is 4.83 Å². The molecular weight excluding hydrogens is 218 g/mol. The third-order valence-corrected chi connectivity index (χ3v) is 2.70. The number of carboxylic acid groups (broad SMARTS) is 2. The molecule has 0 aliphatic rings. The first kappa shape index (κ1) is 9.60. The number of pyridine rings is 1. The van der Waals surface area contributed by atoms with Gasteiger partial charge in [0.05, 0.1) is 5.56 Å². The topological polar surface area (TPSA) is 87.5 Å². The largest absolute Gasteiger partial charge is 0.478 e. The van der Waals surface area contributed by atoms with E-state index in [4.69, 9.17) is 10.2 Å². The molecule has 6 heteroatoms. The summed E-state index contributed by atoms with van der Waals surface area (Å²) in [5.41, 5.74) is -0.703. The van der Waals surface area contributed by atoms with Crippen LogP contribution in [0.5, 0.6) is 0 Å². The second-order valence-corrected chi connectivity index (χ2v) is 3.70. The predicted molar refractivity (Wildman–Crippen MR) is 53.5 cm³/mol. The quantitative estimate of drug-likeness (QED) is 0.808. The van der Waals surface area contributed by atoms with Crippen molar-refractivity contribution in [1.82, 2.24) is 4.98 Å². The third kappa shape index (κ3) is 1.55. The average molecular weight is 223 g/mol. The summed E-state index contributed by atoms with van der Waals surface area (Å²) in [6.07, 6.45) is 0. The standard InChI is InChI=1S/C9H5NO4S/c11-8(12)5-3-4-1-2-15-7(4)10-6(5)9(13)14/h1-3H,(H,11,12)(H,13,14). The molecular formula is C9H5NO4S. The number of hydrogen-bond acceptors (Lipinski definition) is 4. The highest BCUT2D eigenvalue weighted by Crippen LogP contribution is 2.21. The van der Waals surface area contributed by atoms with Crippen LogP contribution in [0.1, 0.15) is 20.8 Å². The number of carbonyl (C=O) groups is 2. The normalized spacial score (nSPS) is 10.4. The van der Waals surface area contributed by atoms with Gasteiger partial charge in [-0.2, -0.15) is 0 Å². The summed E-state index contributed by atoms with van der Waals surface area (Å²) in [5, 5.41) is 20.0. The summed E-state index contributed by atoms with van der Waals surface area (Å²) in [6, 6.07) is 3.02. The van der Waals surface area contributed by atoms with E-state index < -0.39 is 17.6 Å². The van der Waals surface area contributed by atoms with E-state index in [-0.39, 0.29) is 5.56 Å². The Morgan fingerprint density at radius 2 is 2.00 bits per heavy atom. The van der Waals surface area contributed by atoms with Crippen molar-refractivity contribution in [1.29, 1.82) is 0 Å². The average Bonchev–Trinajstić information content (AvgIpc) is 2.61. The van der Waals surface area contributed by atoms with E-state index in [9.17, 15) is 9.59 Å². The molecule has 0 bridgehead atoms. The molecule has 5 nitrogen and oxygen atoms in total. The van der Waals surface area contributed by atoms with Gasteiger partial charge in [0, 0.05) is 5.39 Å². The minimum atomic E-state index is -1.33. The molecule has 2 aromatic heterocycles. The molecule has 0 saturated carbocycles. The van der Waals surface area contributed by atoms with Crippen molar-refractivity contribution >= 4 is 33.5 Å². The molecule has 0 aromatic carbocycles. The number of rotatable bonds is 2. The van der Waals surface area contributed by atoms with E-state index in [2.05, 4.69) is 4.98 Å². The van der Waals surface area contributed by atoms with E-state index in [0.29, 0.717) is 10.2 Å². The van der Waals surface area contributed by atoms with Crippen LogP contribution in [0.25, 0.3) is 10.2 Å². The highest BCUT2D eigenvalue weighted by molar-refractivity contribution is 7.16. The van der Waals surface area contributed by atoms with Crippen LogP contribution in [0.4, 0.5) is 0 Å². The van der Waals surface area contributed by atoms with Crippen molar-refractivity contribution in [3.63, 3.8) is 0 Å². The van der Waals surface area contributed by atoms with Gasteiger partial charge in [0.15, 0.2) is 5.69 Å². The Balaban J connectivity index is 2.79. The van der Waals surface area contributed by atoms with Crippen LogP contribution < -0.4 is 0 Å². The minimum Gasteiger partial charge on any atom is -0.478 e. The Kier molecular flexibility index (Phi) is 2.12. The monoisotopic (exact) mass is 223 g/mol. The van der Waals surface area contributed by atoms with Crippen molar-refractivity contribution in [2.24, 2.45) is 0 Å². The van der Waals surface area contributed by atoms with Crippen LogP contribution in [0.3, 0.4) is 0 Å². The number of nitrogens with zero attached hydrogens (tertiary/aromatic N) is 1. The molecule has 0 amide bonds. The van der Waals surface area contributed by atoms with Gasteiger partial charge in [-0.3, -0.25) is 0 Å². The molecule has 2 N–H and O–H groups in total. The first-order valence-electron chi connectivity index (χ1n) is 3.94. The molecule has 0 spiro atoms. The Hall–Kier alpha value is -1.95. The Labute approximate surface area is 87.6 Å². The highest BCUT2D eigenvalue weighted by Gasteiger charge is 2.18. The van der Waals surface area contributed by atoms with Crippen LogP contribution in [0, 0.1) is 0 Å². The van der Waals surface area contributed by atoms with Gasteiger partial charge in [-0.25, -0.2) is 14.6 Å². The van der Waals surface area contributed by atoms with Crippen LogP contribution in [0.2, 0.25) is 0 Å². The first-order chi connectivity index (χ1) is 7.09. The Morgan fingerprint density at radius 1 is 1.27 bits per heavy atom. The molecule has 2 aromatic rings. The zero-order valence-corrected chi connectivity index (χ0v) is 8.11. The van der Waals surface area contributed by atoms with Crippen molar-refractivity contribution in [3.05, 3.63) is 28.8 Å². The third-order valence-electron chi connectivity index (χ3n) is 1.88. The van der Waals surface area contributed by atoms with Gasteiger partial charge in [-0.05, 0) is 17.5 Å². The fourth-order valence-electron chi connectivity index (χ4n) is 1.22. The minimum absolute atomic E-state index is 0.284. The zero-order chi connectivity index (χ0) is 11.0. The second kappa shape index (κ2) is 3.32. The van der Waals surface area contributed by atoms with Crippen LogP contribution >= 0.6 is 11.3 Å². The molecule has 0 aliphatic carbocycles. The summed E-state index contributed by atoms with van der Waals surface area (Å²) >= 11 is 1.27. The van der Waals surface area contributed by atoms with Crippen molar-refractivity contribution in [2.75, 3.05) is 0 Å². The van der Waals surface area contributed by atoms with E-state index >= 15 is 0 Å². The molecule has 0 saturated heterocycles. The van der Waals surface area contributed by atoms with E-state index in [1.165, 1.54) is 17.4 Å². The van der Waals surface area contributed by atoms with E-state index in [1.54, 1.807) is 11.4 Å². The number of thiophene rings is 1. The van der Waals surface area contributed by atoms with Gasteiger partial charge in [-0.15, -0.1) is 11.3 Å². The molecule has 15 heavy (non-hydrogen) atoms. The van der Waals surface area contributed by atoms with Crippen LogP contribution in [-0.2, 0) is 0 Å². The van der Waals surface area contributed by atoms with Gasteiger partial charge < -0.3 is 10.2 Å². The SMILES string of the molecule is O=C(O)c1cc2ccsc2nc1C(=O)O. The molecule has 0 aliphatic heterocycles. The van der Waals surface area contributed by atoms with Crippen molar-refractivity contribution < 1.29 is 19.8 Å². The molecule has 2 rings (SSSR count). The maximum absolute atomic E-state index is 10.8. The molecule has 0 unspecified atom stereocenters. The summed E-state index contributed by atoms with van der Waals surface area (Å²) < 4.78 is 0. The summed E-state index contributed by atoms with van der Waals surface area (Å²) in [4.78, 5) is 25.9. The molecule has 2 heterocycles. The number of aromatic carboxylic acids is 2. The van der Waals surface area contributed by atoms with Gasteiger partial charge in [-0.1, -0.05) is 0 Å². The number of aromatic nitrogens is 1. The summed E-state index contributed by atoms with van der Waals surface area (Å²) in [5.74, 6) is -2.62. The number of fused-ring (bicyclic) bond motifs is 1. The van der Waals surface area contributed by atoms with Crippen molar-refractivity contribution in [2.45, 2.75) is 0 Å². The zero-order valence-electron chi connectivity index (χ0n) is 7.30. The first-order valence-corrected chi connectivity index (χ1v) is 4.82. The van der Waals surface area contributed by atoms with Gasteiger partial charge >= 0.3 is 11.9 Å². The van der Waals surface area contributed by atoms with Gasteiger partial charge in [0.25, 0.3) is 0 Å². The maximum atomic E-state index is 10.8. The van der Waals surface area contributed by atoms with Crippen LogP contribution in [0.15, 0.2) is 17.5 Å². The lowest BCUT2D eigenvalue weighted by Crippen LogP contribution is -2.10. The van der Waals surface area contributed by atoms with E-state index in [0.717, 1.165) is 0 Å². The highest BCUT2D eigenvalue weighted by atomic mass is 32.1. The maximum Gasteiger partial charge on any atom is 0.355 e. The fourth-order valence-corrected chi connectivity index (χ4v) is 1.97. The Bertz CT molecular complexity index is 512.